The Kier molecular flexibility index (Phi) is 3.74. The van der Waals surface area contributed by atoms with Crippen LogP contribution in [0.15, 0.2) is 21.4 Å². The average molecular weight is 289 g/mol. The zero-order chi connectivity index (χ0) is 12.3. The Morgan fingerprint density at radius 3 is 2.62 bits per heavy atom. The lowest BCUT2D eigenvalue weighted by Crippen LogP contribution is -2.42. The van der Waals surface area contributed by atoms with Gasteiger partial charge >= 0.3 is 0 Å². The number of furan rings is 1. The van der Waals surface area contributed by atoms with E-state index < -0.39 is 11.3 Å². The third-order valence-corrected chi connectivity index (χ3v) is 2.83. The first-order valence-electron chi connectivity index (χ1n) is 4.65. The van der Waals surface area contributed by atoms with E-state index in [4.69, 9.17) is 10.2 Å². The molecule has 6 heteroatoms. The molecule has 0 atom stereocenters. The number of primary amides is 1. The fraction of sp³-hybridized carbons (Fsp3) is 0.400. The minimum Gasteiger partial charge on any atom is -0.457 e. The third-order valence-electron chi connectivity index (χ3n) is 2.22. The minimum absolute atomic E-state index is 0.179. The van der Waals surface area contributed by atoms with E-state index in [0.29, 0.717) is 10.2 Å². The summed E-state index contributed by atoms with van der Waals surface area (Å²) in [5.41, 5.74) is 4.80. The van der Waals surface area contributed by atoms with Crippen LogP contribution in [0.25, 0.3) is 0 Å². The SMILES string of the molecule is CC(C)(CNC(=O)c1ccoc1Br)C(N)=O. The summed E-state index contributed by atoms with van der Waals surface area (Å²) in [5, 5.41) is 2.62. The molecule has 0 fully saturated rings. The van der Waals surface area contributed by atoms with Crippen molar-refractivity contribution in [2.45, 2.75) is 13.8 Å². The Morgan fingerprint density at radius 1 is 1.56 bits per heavy atom. The van der Waals surface area contributed by atoms with E-state index in [1.54, 1.807) is 13.8 Å². The molecule has 1 aromatic heterocycles. The second-order valence-corrected chi connectivity index (χ2v) is 4.76. The van der Waals surface area contributed by atoms with Crippen LogP contribution >= 0.6 is 15.9 Å². The highest BCUT2D eigenvalue weighted by Gasteiger charge is 2.26. The summed E-state index contributed by atoms with van der Waals surface area (Å²) in [6.07, 6.45) is 1.40. The lowest BCUT2D eigenvalue weighted by Gasteiger charge is -2.20. The molecule has 0 bridgehead atoms. The van der Waals surface area contributed by atoms with Gasteiger partial charge in [0.05, 0.1) is 17.2 Å². The van der Waals surface area contributed by atoms with Crippen LogP contribution in [-0.2, 0) is 4.79 Å². The molecule has 0 spiro atoms. The highest BCUT2D eigenvalue weighted by Crippen LogP contribution is 2.18. The van der Waals surface area contributed by atoms with Gasteiger partial charge in [-0.15, -0.1) is 0 Å². The monoisotopic (exact) mass is 288 g/mol. The van der Waals surface area contributed by atoms with Crippen molar-refractivity contribution in [1.29, 1.82) is 0 Å². The quantitative estimate of drug-likeness (QED) is 0.875. The van der Waals surface area contributed by atoms with Crippen LogP contribution < -0.4 is 11.1 Å². The van der Waals surface area contributed by atoms with E-state index >= 15 is 0 Å². The molecule has 3 N–H and O–H groups in total. The molecule has 2 amide bonds. The summed E-state index contributed by atoms with van der Waals surface area (Å²) >= 11 is 3.10. The maximum absolute atomic E-state index is 11.6. The molecular formula is C10H13BrN2O3. The van der Waals surface area contributed by atoms with Gasteiger partial charge in [-0.2, -0.15) is 0 Å². The van der Waals surface area contributed by atoms with Crippen LogP contribution in [0, 0.1) is 5.41 Å². The van der Waals surface area contributed by atoms with Gasteiger partial charge in [0, 0.05) is 6.54 Å². The van der Waals surface area contributed by atoms with Gasteiger partial charge < -0.3 is 15.5 Å². The van der Waals surface area contributed by atoms with E-state index in [9.17, 15) is 9.59 Å². The largest absolute Gasteiger partial charge is 0.457 e. The lowest BCUT2D eigenvalue weighted by atomic mass is 9.93. The van der Waals surface area contributed by atoms with Gasteiger partial charge in [-0.1, -0.05) is 0 Å². The molecule has 1 aromatic rings. The van der Waals surface area contributed by atoms with E-state index in [2.05, 4.69) is 21.2 Å². The Hall–Kier alpha value is -1.30. The second kappa shape index (κ2) is 4.69. The standard InChI is InChI=1S/C10H13BrN2O3/c1-10(2,9(12)15)5-13-8(14)6-3-4-16-7(6)11/h3-4H,5H2,1-2H3,(H2,12,15)(H,13,14). The molecule has 0 aliphatic heterocycles. The van der Waals surface area contributed by atoms with Crippen molar-refractivity contribution < 1.29 is 14.0 Å². The first-order valence-corrected chi connectivity index (χ1v) is 5.45. The Balaban J connectivity index is 2.61. The van der Waals surface area contributed by atoms with Crippen LogP contribution in [0.4, 0.5) is 0 Å². The van der Waals surface area contributed by atoms with E-state index in [1.165, 1.54) is 12.3 Å². The Bertz CT molecular complexity index is 412. The van der Waals surface area contributed by atoms with Crippen molar-refractivity contribution in [2.24, 2.45) is 11.1 Å². The lowest BCUT2D eigenvalue weighted by molar-refractivity contribution is -0.125. The molecule has 0 saturated heterocycles. The molecule has 0 aliphatic carbocycles. The van der Waals surface area contributed by atoms with Crippen LogP contribution in [0.1, 0.15) is 24.2 Å². The number of hydrogen-bond acceptors (Lipinski definition) is 3. The predicted octanol–water partition coefficient (Wildman–Crippen LogP) is 1.28. The van der Waals surface area contributed by atoms with Gasteiger partial charge in [0.2, 0.25) is 5.91 Å². The second-order valence-electron chi connectivity index (χ2n) is 4.04. The molecule has 1 heterocycles. The van der Waals surface area contributed by atoms with Gasteiger partial charge in [-0.3, -0.25) is 9.59 Å². The smallest absolute Gasteiger partial charge is 0.255 e. The van der Waals surface area contributed by atoms with Crippen LogP contribution in [0.3, 0.4) is 0 Å². The summed E-state index contributed by atoms with van der Waals surface area (Å²) in [7, 11) is 0. The van der Waals surface area contributed by atoms with Crippen LogP contribution in [0.5, 0.6) is 0 Å². The van der Waals surface area contributed by atoms with Crippen molar-refractivity contribution in [3.8, 4) is 0 Å². The van der Waals surface area contributed by atoms with Crippen molar-refractivity contribution in [2.75, 3.05) is 6.54 Å². The van der Waals surface area contributed by atoms with Gasteiger partial charge in [-0.25, -0.2) is 0 Å². The molecule has 1 rings (SSSR count). The highest BCUT2D eigenvalue weighted by atomic mass is 79.9. The molecule has 0 radical (unpaired) electrons. The summed E-state index contributed by atoms with van der Waals surface area (Å²) in [6, 6.07) is 1.54. The van der Waals surface area contributed by atoms with Crippen LogP contribution in [-0.4, -0.2) is 18.4 Å². The summed E-state index contributed by atoms with van der Waals surface area (Å²) < 4.78 is 5.29. The van der Waals surface area contributed by atoms with Crippen molar-refractivity contribution in [3.63, 3.8) is 0 Å². The highest BCUT2D eigenvalue weighted by molar-refractivity contribution is 9.10. The van der Waals surface area contributed by atoms with Crippen molar-refractivity contribution in [1.82, 2.24) is 5.32 Å². The molecule has 0 unspecified atom stereocenters. The Labute approximate surface area is 101 Å². The van der Waals surface area contributed by atoms with Crippen molar-refractivity contribution in [3.05, 3.63) is 22.6 Å². The molecule has 16 heavy (non-hydrogen) atoms. The zero-order valence-electron chi connectivity index (χ0n) is 9.04. The number of rotatable bonds is 4. The number of hydrogen-bond donors (Lipinski definition) is 2. The molecule has 0 saturated carbocycles. The number of carbonyl (C=O) groups excluding carboxylic acids is 2. The maximum atomic E-state index is 11.6. The first-order chi connectivity index (χ1) is 7.34. The number of nitrogens with one attached hydrogen (secondary N) is 1. The fourth-order valence-electron chi connectivity index (χ4n) is 0.939. The minimum atomic E-state index is -0.772. The Morgan fingerprint density at radius 2 is 2.19 bits per heavy atom. The van der Waals surface area contributed by atoms with Gasteiger partial charge in [-0.05, 0) is 35.8 Å². The zero-order valence-corrected chi connectivity index (χ0v) is 10.6. The first kappa shape index (κ1) is 12.8. The molecule has 0 aromatic carbocycles. The molecular weight excluding hydrogens is 276 g/mol. The molecule has 5 nitrogen and oxygen atoms in total. The molecule has 88 valence electrons. The predicted molar refractivity (Wildman–Crippen MR) is 61.7 cm³/mol. The number of halogens is 1. The van der Waals surface area contributed by atoms with Gasteiger partial charge in [0.15, 0.2) is 4.67 Å². The topological polar surface area (TPSA) is 85.3 Å². The van der Waals surface area contributed by atoms with E-state index in [0.717, 1.165) is 0 Å². The molecule has 0 aliphatic rings. The number of amides is 2. The van der Waals surface area contributed by atoms with Gasteiger partial charge in [0.1, 0.15) is 0 Å². The summed E-state index contributed by atoms with van der Waals surface area (Å²) in [6.45, 7) is 3.51. The van der Waals surface area contributed by atoms with Crippen molar-refractivity contribution >= 4 is 27.7 Å². The van der Waals surface area contributed by atoms with Gasteiger partial charge in [0.25, 0.3) is 5.91 Å². The third kappa shape index (κ3) is 2.85. The summed E-state index contributed by atoms with van der Waals surface area (Å²) in [5.74, 6) is -0.769. The maximum Gasteiger partial charge on any atom is 0.255 e. The normalized spacial score (nSPS) is 11.2. The average Bonchev–Trinajstić information content (AvgIpc) is 2.61. The number of carbonyl (C=O) groups is 2. The van der Waals surface area contributed by atoms with E-state index in [1.807, 2.05) is 0 Å². The number of nitrogens with two attached hydrogens (primary N) is 1. The summed E-state index contributed by atoms with van der Waals surface area (Å²) in [4.78, 5) is 22.7. The van der Waals surface area contributed by atoms with Crippen LogP contribution in [0.2, 0.25) is 0 Å². The van der Waals surface area contributed by atoms with E-state index in [-0.39, 0.29) is 12.5 Å². The fourth-order valence-corrected chi connectivity index (χ4v) is 1.36.